The van der Waals surface area contributed by atoms with Gasteiger partial charge in [-0.15, -0.1) is 21.5 Å². The number of nitrogens with one attached hydrogen (secondary N) is 2. The second kappa shape index (κ2) is 14.4. The van der Waals surface area contributed by atoms with Gasteiger partial charge in [0.15, 0.2) is 16.7 Å². The highest BCUT2D eigenvalue weighted by atomic mass is 32.2. The summed E-state index contributed by atoms with van der Waals surface area (Å²) in [4.78, 5) is 51.5. The van der Waals surface area contributed by atoms with E-state index < -0.39 is 29.0 Å². The highest BCUT2D eigenvalue weighted by molar-refractivity contribution is 8.00. The molecule has 0 spiro atoms. The lowest BCUT2D eigenvalue weighted by Crippen LogP contribution is -2.25. The van der Waals surface area contributed by atoms with Crippen LogP contribution in [0.2, 0.25) is 0 Å². The van der Waals surface area contributed by atoms with Crippen LogP contribution >= 0.6 is 23.1 Å². The van der Waals surface area contributed by atoms with Crippen LogP contribution in [0, 0.1) is 20.8 Å². The van der Waals surface area contributed by atoms with Crippen molar-refractivity contribution in [1.29, 1.82) is 0 Å². The molecular weight excluding hydrogens is 606 g/mol. The third-order valence-electron chi connectivity index (χ3n) is 6.43. The molecule has 4 aromatic rings. The minimum atomic E-state index is -0.711. The van der Waals surface area contributed by atoms with Crippen molar-refractivity contribution in [2.45, 2.75) is 58.5 Å². The van der Waals surface area contributed by atoms with Gasteiger partial charge < -0.3 is 24.5 Å². The summed E-state index contributed by atoms with van der Waals surface area (Å²) in [5.41, 5.74) is 3.22. The molecule has 3 aromatic heterocycles. The van der Waals surface area contributed by atoms with Crippen LogP contribution in [-0.4, -0.2) is 57.0 Å². The highest BCUT2D eigenvalue weighted by Gasteiger charge is 2.29. The van der Waals surface area contributed by atoms with Crippen LogP contribution in [0.3, 0.4) is 0 Å². The average Bonchev–Trinajstić information content (AvgIpc) is 3.73. The zero-order valence-corrected chi connectivity index (χ0v) is 26.8. The molecule has 232 valence electrons. The van der Waals surface area contributed by atoms with Gasteiger partial charge in [0.05, 0.1) is 42.5 Å². The number of aromatic nitrogens is 3. The Morgan fingerprint density at radius 2 is 1.77 bits per heavy atom. The fourth-order valence-corrected chi connectivity index (χ4v) is 6.19. The molecule has 12 nitrogen and oxygen atoms in total. The zero-order valence-electron chi connectivity index (χ0n) is 25.2. The molecule has 0 saturated heterocycles. The van der Waals surface area contributed by atoms with Gasteiger partial charge >= 0.3 is 11.9 Å². The Morgan fingerprint density at radius 1 is 1.05 bits per heavy atom. The van der Waals surface area contributed by atoms with Crippen LogP contribution in [0.25, 0.3) is 5.69 Å². The van der Waals surface area contributed by atoms with E-state index in [1.54, 1.807) is 44.4 Å². The Hall–Kier alpha value is -4.43. The number of hydrogen-bond acceptors (Lipinski definition) is 11. The first kappa shape index (κ1) is 32.5. The number of ether oxygens (including phenoxy) is 2. The number of benzene rings is 1. The molecule has 1 unspecified atom stereocenters. The number of carbonyl (C=O) groups excluding carboxylic acids is 4. The molecule has 2 amide bonds. The van der Waals surface area contributed by atoms with Gasteiger partial charge in [-0.3, -0.25) is 14.2 Å². The van der Waals surface area contributed by atoms with E-state index in [0.29, 0.717) is 16.5 Å². The van der Waals surface area contributed by atoms with Crippen LogP contribution < -0.4 is 10.6 Å². The van der Waals surface area contributed by atoms with E-state index in [4.69, 9.17) is 13.9 Å². The average molecular weight is 640 g/mol. The SMILES string of the molecule is CCOC(=O)c1sc(NC(=O)C(C)Sc2nnc(CNC(=O)c3ccco3)n2-c2cc(C)ccc2C)c(C(=O)OCC)c1C. The maximum absolute atomic E-state index is 13.5. The smallest absolute Gasteiger partial charge is 0.348 e. The van der Waals surface area contributed by atoms with Crippen LogP contribution in [-0.2, 0) is 20.8 Å². The number of rotatable bonds is 12. The first-order chi connectivity index (χ1) is 21.0. The fraction of sp³-hybridized carbons (Fsp3) is 0.333. The Kier molecular flexibility index (Phi) is 10.6. The van der Waals surface area contributed by atoms with Gasteiger partial charge in [0.1, 0.15) is 9.88 Å². The van der Waals surface area contributed by atoms with E-state index in [0.717, 1.165) is 39.9 Å². The predicted octanol–water partition coefficient (Wildman–Crippen LogP) is 5.25. The molecule has 14 heteroatoms. The third-order valence-corrected chi connectivity index (χ3v) is 8.66. The van der Waals surface area contributed by atoms with Crippen LogP contribution in [0.15, 0.2) is 46.2 Å². The van der Waals surface area contributed by atoms with Crippen molar-refractivity contribution in [3.05, 3.63) is 75.3 Å². The molecule has 2 N–H and O–H groups in total. The van der Waals surface area contributed by atoms with Gasteiger partial charge in [-0.2, -0.15) is 0 Å². The van der Waals surface area contributed by atoms with E-state index in [9.17, 15) is 19.2 Å². The number of esters is 2. The molecule has 3 heterocycles. The summed E-state index contributed by atoms with van der Waals surface area (Å²) in [5.74, 6) is -1.45. The normalized spacial score (nSPS) is 11.6. The van der Waals surface area contributed by atoms with E-state index in [2.05, 4.69) is 20.8 Å². The van der Waals surface area contributed by atoms with E-state index >= 15 is 0 Å². The van der Waals surface area contributed by atoms with Crippen molar-refractivity contribution >= 4 is 51.9 Å². The van der Waals surface area contributed by atoms with E-state index in [1.165, 1.54) is 6.26 Å². The number of carbonyl (C=O) groups is 4. The Morgan fingerprint density at radius 3 is 2.45 bits per heavy atom. The first-order valence-electron chi connectivity index (χ1n) is 13.8. The Balaban J connectivity index is 1.62. The summed E-state index contributed by atoms with van der Waals surface area (Å²) < 4.78 is 17.3. The number of aryl methyl sites for hydroxylation is 2. The summed E-state index contributed by atoms with van der Waals surface area (Å²) in [6.07, 6.45) is 1.42. The van der Waals surface area contributed by atoms with Crippen molar-refractivity contribution in [3.8, 4) is 5.69 Å². The van der Waals surface area contributed by atoms with Crippen molar-refractivity contribution in [2.24, 2.45) is 0 Å². The topological polar surface area (TPSA) is 155 Å². The lowest BCUT2D eigenvalue weighted by Gasteiger charge is -2.16. The molecule has 4 rings (SSSR count). The van der Waals surface area contributed by atoms with Gasteiger partial charge in [-0.25, -0.2) is 9.59 Å². The largest absolute Gasteiger partial charge is 0.462 e. The second-order valence-electron chi connectivity index (χ2n) is 9.63. The zero-order chi connectivity index (χ0) is 32.0. The number of furan rings is 1. The standard InChI is InChI=1S/C30H33N5O7S2/c1-7-40-28(38)23-18(5)24(29(39)41-8-2)44-27(23)32-25(36)19(6)43-30-34-33-22(15-31-26(37)21-10-9-13-42-21)35(30)20-14-16(3)11-12-17(20)4/h9-14,19H,7-8,15H2,1-6H3,(H,31,37)(H,32,36). The number of nitrogens with zero attached hydrogens (tertiary/aromatic N) is 3. The number of hydrogen-bond donors (Lipinski definition) is 2. The molecule has 0 fully saturated rings. The van der Waals surface area contributed by atoms with Gasteiger partial charge in [0.2, 0.25) is 5.91 Å². The van der Waals surface area contributed by atoms with Crippen molar-refractivity contribution < 1.29 is 33.1 Å². The number of amides is 2. The maximum Gasteiger partial charge on any atom is 0.348 e. The summed E-state index contributed by atoms with van der Waals surface area (Å²) >= 11 is 2.11. The lowest BCUT2D eigenvalue weighted by atomic mass is 10.1. The molecule has 1 atom stereocenters. The predicted molar refractivity (Wildman–Crippen MR) is 166 cm³/mol. The van der Waals surface area contributed by atoms with Crippen molar-refractivity contribution in [1.82, 2.24) is 20.1 Å². The lowest BCUT2D eigenvalue weighted by molar-refractivity contribution is -0.115. The monoisotopic (exact) mass is 639 g/mol. The van der Waals surface area contributed by atoms with Gasteiger partial charge in [0, 0.05) is 0 Å². The third kappa shape index (κ3) is 7.19. The van der Waals surface area contributed by atoms with Crippen LogP contribution in [0.4, 0.5) is 5.00 Å². The maximum atomic E-state index is 13.5. The first-order valence-corrected chi connectivity index (χ1v) is 15.5. The number of anilines is 1. The number of thioether (sulfide) groups is 1. The highest BCUT2D eigenvalue weighted by Crippen LogP contribution is 2.35. The fourth-order valence-electron chi connectivity index (χ4n) is 4.21. The van der Waals surface area contributed by atoms with Crippen LogP contribution in [0.1, 0.15) is 73.9 Å². The van der Waals surface area contributed by atoms with Gasteiger partial charge in [-0.1, -0.05) is 23.9 Å². The van der Waals surface area contributed by atoms with Gasteiger partial charge in [0.25, 0.3) is 5.91 Å². The van der Waals surface area contributed by atoms with Gasteiger partial charge in [-0.05, 0) is 76.4 Å². The molecule has 0 aliphatic heterocycles. The molecule has 0 saturated carbocycles. The Bertz CT molecular complexity index is 1680. The second-order valence-corrected chi connectivity index (χ2v) is 12.0. The summed E-state index contributed by atoms with van der Waals surface area (Å²) in [7, 11) is 0. The number of thiophene rings is 1. The summed E-state index contributed by atoms with van der Waals surface area (Å²) in [6.45, 7) is 10.9. The minimum Gasteiger partial charge on any atom is -0.462 e. The summed E-state index contributed by atoms with van der Waals surface area (Å²) in [5, 5.41) is 14.2. The molecule has 44 heavy (non-hydrogen) atoms. The van der Waals surface area contributed by atoms with E-state index in [1.807, 2.05) is 32.0 Å². The van der Waals surface area contributed by atoms with Crippen molar-refractivity contribution in [3.63, 3.8) is 0 Å². The summed E-state index contributed by atoms with van der Waals surface area (Å²) in [6, 6.07) is 9.11. The molecule has 1 aromatic carbocycles. The minimum absolute atomic E-state index is 0.0507. The molecular formula is C30H33N5O7S2. The molecule has 0 bridgehead atoms. The van der Waals surface area contributed by atoms with E-state index in [-0.39, 0.29) is 41.0 Å². The quantitative estimate of drug-likeness (QED) is 0.155. The molecule has 0 aliphatic rings. The molecule has 0 aliphatic carbocycles. The van der Waals surface area contributed by atoms with Crippen molar-refractivity contribution in [2.75, 3.05) is 18.5 Å². The van der Waals surface area contributed by atoms with Crippen LogP contribution in [0.5, 0.6) is 0 Å². The molecule has 0 radical (unpaired) electrons. The Labute approximate surface area is 262 Å².